The number of hydrogen-bond acceptors (Lipinski definition) is 2. The van der Waals surface area contributed by atoms with E-state index in [1.54, 1.807) is 6.07 Å². The highest BCUT2D eigenvalue weighted by atomic mass is 35.5. The van der Waals surface area contributed by atoms with Gasteiger partial charge < -0.3 is 5.32 Å². The molecule has 1 saturated carbocycles. The van der Waals surface area contributed by atoms with Crippen LogP contribution in [-0.4, -0.2) is 30.6 Å². The van der Waals surface area contributed by atoms with Crippen LogP contribution in [0.4, 0.5) is 4.39 Å². The van der Waals surface area contributed by atoms with Crippen LogP contribution >= 0.6 is 11.6 Å². The Labute approximate surface area is 125 Å². The summed E-state index contributed by atoms with van der Waals surface area (Å²) in [5.41, 5.74) is 0.730. The van der Waals surface area contributed by atoms with E-state index in [1.807, 2.05) is 12.1 Å². The average Bonchev–Trinajstić information content (AvgIpc) is 3.29. The maximum absolute atomic E-state index is 14.1. The molecule has 2 nitrogen and oxygen atoms in total. The summed E-state index contributed by atoms with van der Waals surface area (Å²) in [5, 5.41) is 3.70. The third-order valence-electron chi connectivity index (χ3n) is 4.36. The van der Waals surface area contributed by atoms with E-state index in [-0.39, 0.29) is 10.8 Å². The van der Waals surface area contributed by atoms with Crippen LogP contribution in [0.1, 0.15) is 31.2 Å². The second kappa shape index (κ2) is 6.42. The Hall–Kier alpha value is -0.640. The molecule has 2 fully saturated rings. The Balaban J connectivity index is 1.66. The number of rotatable bonds is 5. The molecular weight excluding hydrogens is 275 g/mol. The zero-order valence-corrected chi connectivity index (χ0v) is 12.5. The zero-order valence-electron chi connectivity index (χ0n) is 11.7. The zero-order chi connectivity index (χ0) is 13.9. The van der Waals surface area contributed by atoms with Crippen LogP contribution in [0.15, 0.2) is 18.2 Å². The van der Waals surface area contributed by atoms with Crippen LogP contribution in [0, 0.1) is 11.7 Å². The van der Waals surface area contributed by atoms with Gasteiger partial charge in [-0.15, -0.1) is 0 Å². The van der Waals surface area contributed by atoms with Crippen LogP contribution < -0.4 is 5.32 Å². The van der Waals surface area contributed by atoms with E-state index in [1.165, 1.54) is 25.7 Å². The minimum atomic E-state index is -0.249. The average molecular weight is 297 g/mol. The lowest BCUT2D eigenvalue weighted by atomic mass is 9.98. The van der Waals surface area contributed by atoms with Crippen molar-refractivity contribution in [2.45, 2.75) is 38.3 Å². The number of piperidine rings is 1. The van der Waals surface area contributed by atoms with Gasteiger partial charge in [0.15, 0.2) is 0 Å². The maximum atomic E-state index is 14.1. The highest BCUT2D eigenvalue weighted by molar-refractivity contribution is 6.30. The van der Waals surface area contributed by atoms with E-state index < -0.39 is 0 Å². The van der Waals surface area contributed by atoms with E-state index in [4.69, 9.17) is 11.6 Å². The summed E-state index contributed by atoms with van der Waals surface area (Å²) in [6, 6.07) is 5.96. The lowest BCUT2D eigenvalue weighted by Gasteiger charge is -2.30. The molecule has 3 rings (SSSR count). The summed E-state index contributed by atoms with van der Waals surface area (Å²) in [6.45, 7) is 4.00. The van der Waals surface area contributed by atoms with Gasteiger partial charge in [-0.3, -0.25) is 4.90 Å². The van der Waals surface area contributed by atoms with Crippen molar-refractivity contribution in [3.63, 3.8) is 0 Å². The van der Waals surface area contributed by atoms with Gasteiger partial charge in [0.25, 0.3) is 0 Å². The number of nitrogens with zero attached hydrogens (tertiary/aromatic N) is 1. The van der Waals surface area contributed by atoms with Crippen LogP contribution in [0.3, 0.4) is 0 Å². The molecule has 1 aromatic rings. The van der Waals surface area contributed by atoms with Gasteiger partial charge in [-0.1, -0.05) is 23.7 Å². The van der Waals surface area contributed by atoms with Crippen LogP contribution in [0.5, 0.6) is 0 Å². The first-order valence-corrected chi connectivity index (χ1v) is 7.99. The minimum absolute atomic E-state index is 0.234. The van der Waals surface area contributed by atoms with Gasteiger partial charge in [0.2, 0.25) is 0 Å². The second-order valence-corrected chi connectivity index (χ2v) is 6.49. The first-order valence-electron chi connectivity index (χ1n) is 7.61. The molecule has 0 radical (unpaired) electrons. The van der Waals surface area contributed by atoms with E-state index in [0.717, 1.165) is 25.2 Å². The summed E-state index contributed by atoms with van der Waals surface area (Å²) in [7, 11) is 0. The van der Waals surface area contributed by atoms with Gasteiger partial charge in [-0.25, -0.2) is 4.39 Å². The number of halogens is 2. The van der Waals surface area contributed by atoms with Gasteiger partial charge in [0.1, 0.15) is 5.82 Å². The van der Waals surface area contributed by atoms with Crippen molar-refractivity contribution in [3.05, 3.63) is 34.6 Å². The lowest BCUT2D eigenvalue weighted by Crippen LogP contribution is -2.39. The number of nitrogens with one attached hydrogen (secondary N) is 1. The molecule has 2 aliphatic rings. The summed E-state index contributed by atoms with van der Waals surface area (Å²) in [5.74, 6) is 0.452. The first-order chi connectivity index (χ1) is 9.74. The molecule has 1 saturated heterocycles. The Morgan fingerprint density at radius 2 is 2.15 bits per heavy atom. The molecule has 110 valence electrons. The summed E-state index contributed by atoms with van der Waals surface area (Å²) < 4.78 is 14.1. The SMILES string of the molecule is Fc1c(Cl)cccc1CN(CC1CCCNC1)C1CC1. The quantitative estimate of drug-likeness (QED) is 0.895. The Bertz CT molecular complexity index is 456. The molecule has 1 aliphatic heterocycles. The summed E-state index contributed by atoms with van der Waals surface area (Å²) in [4.78, 5) is 2.45. The molecule has 1 unspecified atom stereocenters. The third-order valence-corrected chi connectivity index (χ3v) is 4.65. The van der Waals surface area contributed by atoms with E-state index in [9.17, 15) is 4.39 Å². The monoisotopic (exact) mass is 296 g/mol. The normalized spacial score (nSPS) is 23.2. The Morgan fingerprint density at radius 1 is 1.30 bits per heavy atom. The molecule has 1 aliphatic carbocycles. The van der Waals surface area contributed by atoms with Crippen LogP contribution in [-0.2, 0) is 6.54 Å². The number of benzene rings is 1. The van der Waals surface area contributed by atoms with Gasteiger partial charge in [-0.05, 0) is 50.8 Å². The molecule has 1 N–H and O–H groups in total. The predicted molar refractivity (Wildman–Crippen MR) is 80.4 cm³/mol. The molecular formula is C16H22ClFN2. The fourth-order valence-electron chi connectivity index (χ4n) is 3.08. The topological polar surface area (TPSA) is 15.3 Å². The summed E-state index contributed by atoms with van der Waals surface area (Å²) in [6.07, 6.45) is 5.05. The van der Waals surface area contributed by atoms with Crippen molar-refractivity contribution < 1.29 is 4.39 Å². The number of hydrogen-bond donors (Lipinski definition) is 1. The van der Waals surface area contributed by atoms with Crippen molar-refractivity contribution in [2.24, 2.45) is 5.92 Å². The molecule has 0 bridgehead atoms. The second-order valence-electron chi connectivity index (χ2n) is 6.09. The van der Waals surface area contributed by atoms with Crippen LogP contribution in [0.2, 0.25) is 5.02 Å². The Kier molecular flexibility index (Phi) is 4.59. The standard InChI is InChI=1S/C16H22ClFN2/c17-15-5-1-4-13(16(15)18)11-20(14-6-7-14)10-12-3-2-8-19-9-12/h1,4-5,12,14,19H,2-3,6-11H2. The van der Waals surface area contributed by atoms with Crippen molar-refractivity contribution in [3.8, 4) is 0 Å². The van der Waals surface area contributed by atoms with Crippen molar-refractivity contribution in [1.29, 1.82) is 0 Å². The van der Waals surface area contributed by atoms with Crippen LogP contribution in [0.25, 0.3) is 0 Å². The van der Waals surface area contributed by atoms with Crippen molar-refractivity contribution >= 4 is 11.6 Å². The third kappa shape index (κ3) is 3.51. The van der Waals surface area contributed by atoms with E-state index >= 15 is 0 Å². The predicted octanol–water partition coefficient (Wildman–Crippen LogP) is 3.44. The maximum Gasteiger partial charge on any atom is 0.146 e. The molecule has 0 amide bonds. The molecule has 20 heavy (non-hydrogen) atoms. The fraction of sp³-hybridized carbons (Fsp3) is 0.625. The lowest BCUT2D eigenvalue weighted by molar-refractivity contribution is 0.191. The smallest absolute Gasteiger partial charge is 0.146 e. The fourth-order valence-corrected chi connectivity index (χ4v) is 3.28. The van der Waals surface area contributed by atoms with Gasteiger partial charge in [0.05, 0.1) is 5.02 Å². The summed E-state index contributed by atoms with van der Waals surface area (Å²) >= 11 is 5.88. The van der Waals surface area contributed by atoms with Gasteiger partial charge in [0, 0.05) is 24.7 Å². The first kappa shape index (κ1) is 14.3. The minimum Gasteiger partial charge on any atom is -0.316 e. The molecule has 1 atom stereocenters. The molecule has 1 aromatic carbocycles. The van der Waals surface area contributed by atoms with Crippen molar-refractivity contribution in [2.75, 3.05) is 19.6 Å². The van der Waals surface area contributed by atoms with Gasteiger partial charge >= 0.3 is 0 Å². The largest absolute Gasteiger partial charge is 0.316 e. The molecule has 0 spiro atoms. The Morgan fingerprint density at radius 3 is 2.85 bits per heavy atom. The highest BCUT2D eigenvalue weighted by Gasteiger charge is 2.31. The molecule has 1 heterocycles. The molecule has 4 heteroatoms. The van der Waals surface area contributed by atoms with Gasteiger partial charge in [-0.2, -0.15) is 0 Å². The van der Waals surface area contributed by atoms with E-state index in [0.29, 0.717) is 18.5 Å². The molecule has 0 aromatic heterocycles. The van der Waals surface area contributed by atoms with Crippen molar-refractivity contribution in [1.82, 2.24) is 10.2 Å². The van der Waals surface area contributed by atoms with E-state index in [2.05, 4.69) is 10.2 Å². The highest BCUT2D eigenvalue weighted by Crippen LogP contribution is 2.31.